The van der Waals surface area contributed by atoms with E-state index in [1.54, 1.807) is 0 Å². The van der Waals surface area contributed by atoms with Gasteiger partial charge >= 0.3 is 0 Å². The summed E-state index contributed by atoms with van der Waals surface area (Å²) in [6.07, 6.45) is 0.820. The summed E-state index contributed by atoms with van der Waals surface area (Å²) >= 11 is 0. The van der Waals surface area contributed by atoms with Crippen LogP contribution in [0.25, 0.3) is 0 Å². The predicted octanol–water partition coefficient (Wildman–Crippen LogP) is 0.520. The number of aliphatic hydroxyl groups is 1. The van der Waals surface area contributed by atoms with Gasteiger partial charge in [0.05, 0.1) is 19.3 Å². The molecule has 0 aromatic rings. The van der Waals surface area contributed by atoms with E-state index in [2.05, 4.69) is 0 Å². The second-order valence-electron chi connectivity index (χ2n) is 2.66. The van der Waals surface area contributed by atoms with Gasteiger partial charge in [0, 0.05) is 6.42 Å². The Morgan fingerprint density at radius 2 is 2.40 bits per heavy atom. The Balaban J connectivity index is 2.51. The molecule has 2 unspecified atom stereocenters. The van der Waals surface area contributed by atoms with Crippen LogP contribution in [0.4, 0.5) is 0 Å². The zero-order chi connectivity index (χ0) is 7.61. The monoisotopic (exact) mass is 146 g/mol. The Labute approximate surface area is 60.9 Å². The fraction of sp³-hybridized carbons (Fsp3) is 1.00. The Hall–Kier alpha value is -0.120. The molecule has 1 fully saturated rings. The van der Waals surface area contributed by atoms with Gasteiger partial charge in [-0.3, -0.25) is 0 Å². The molecule has 1 saturated heterocycles. The second kappa shape index (κ2) is 2.86. The molecule has 0 aromatic carbocycles. The van der Waals surface area contributed by atoms with Gasteiger partial charge in [0.1, 0.15) is 0 Å². The van der Waals surface area contributed by atoms with Crippen LogP contribution in [0.2, 0.25) is 0 Å². The molecule has 3 nitrogen and oxygen atoms in total. The third kappa shape index (κ3) is 1.31. The standard InChI is InChI=1S/C7H14O3/c1-3-7(5-8)9-4-6(2)10-7/h6,8H,3-5H2,1-2H3. The van der Waals surface area contributed by atoms with Crippen molar-refractivity contribution in [2.24, 2.45) is 0 Å². The SMILES string of the molecule is CCC1(CO)OCC(C)O1. The third-order valence-electron chi connectivity index (χ3n) is 1.78. The summed E-state index contributed by atoms with van der Waals surface area (Å²) in [5.74, 6) is -0.695. The van der Waals surface area contributed by atoms with Crippen molar-refractivity contribution in [2.75, 3.05) is 13.2 Å². The molecule has 0 amide bonds. The fourth-order valence-electron chi connectivity index (χ4n) is 1.08. The van der Waals surface area contributed by atoms with Crippen LogP contribution in [0.1, 0.15) is 20.3 Å². The van der Waals surface area contributed by atoms with Crippen LogP contribution in [0.3, 0.4) is 0 Å². The first-order chi connectivity index (χ1) is 4.72. The molecule has 1 heterocycles. The van der Waals surface area contributed by atoms with Crippen molar-refractivity contribution in [2.45, 2.75) is 32.2 Å². The highest BCUT2D eigenvalue weighted by molar-refractivity contribution is 4.74. The van der Waals surface area contributed by atoms with Crippen LogP contribution in [0, 0.1) is 0 Å². The quantitative estimate of drug-likeness (QED) is 0.617. The van der Waals surface area contributed by atoms with Crippen LogP contribution >= 0.6 is 0 Å². The Kier molecular flexibility index (Phi) is 2.28. The molecule has 0 aliphatic carbocycles. The van der Waals surface area contributed by atoms with E-state index in [1.807, 2.05) is 13.8 Å². The second-order valence-corrected chi connectivity index (χ2v) is 2.66. The van der Waals surface area contributed by atoms with Crippen molar-refractivity contribution in [3.63, 3.8) is 0 Å². The first-order valence-corrected chi connectivity index (χ1v) is 3.65. The van der Waals surface area contributed by atoms with Gasteiger partial charge in [0.15, 0.2) is 5.79 Å². The van der Waals surface area contributed by atoms with E-state index in [-0.39, 0.29) is 12.7 Å². The van der Waals surface area contributed by atoms with Crippen molar-refractivity contribution in [3.8, 4) is 0 Å². The van der Waals surface area contributed by atoms with Gasteiger partial charge in [-0.25, -0.2) is 0 Å². The van der Waals surface area contributed by atoms with Crippen molar-refractivity contribution in [3.05, 3.63) is 0 Å². The van der Waals surface area contributed by atoms with E-state index in [0.717, 1.165) is 0 Å². The Morgan fingerprint density at radius 1 is 1.70 bits per heavy atom. The van der Waals surface area contributed by atoms with Gasteiger partial charge in [0.25, 0.3) is 0 Å². The molecule has 2 atom stereocenters. The van der Waals surface area contributed by atoms with Crippen molar-refractivity contribution >= 4 is 0 Å². The lowest BCUT2D eigenvalue weighted by Gasteiger charge is -2.23. The number of rotatable bonds is 2. The summed E-state index contributed by atoms with van der Waals surface area (Å²) in [5.41, 5.74) is 0. The van der Waals surface area contributed by atoms with Gasteiger partial charge in [-0.05, 0) is 6.92 Å². The summed E-state index contributed by atoms with van der Waals surface area (Å²) in [6.45, 7) is 4.42. The molecule has 10 heavy (non-hydrogen) atoms. The largest absolute Gasteiger partial charge is 0.391 e. The average Bonchev–Trinajstić information content (AvgIpc) is 2.33. The molecule has 0 spiro atoms. The summed E-state index contributed by atoms with van der Waals surface area (Å²) in [7, 11) is 0. The first-order valence-electron chi connectivity index (χ1n) is 3.65. The van der Waals surface area contributed by atoms with Gasteiger partial charge in [-0.15, -0.1) is 0 Å². The minimum atomic E-state index is -0.695. The van der Waals surface area contributed by atoms with E-state index in [4.69, 9.17) is 14.6 Å². The molecular weight excluding hydrogens is 132 g/mol. The molecule has 1 aliphatic rings. The highest BCUT2D eigenvalue weighted by Gasteiger charge is 2.37. The van der Waals surface area contributed by atoms with Crippen molar-refractivity contribution in [1.29, 1.82) is 0 Å². The highest BCUT2D eigenvalue weighted by atomic mass is 16.8. The van der Waals surface area contributed by atoms with E-state index in [9.17, 15) is 0 Å². The van der Waals surface area contributed by atoms with E-state index in [1.165, 1.54) is 0 Å². The molecule has 0 bridgehead atoms. The summed E-state index contributed by atoms with van der Waals surface area (Å²) < 4.78 is 10.7. The van der Waals surface area contributed by atoms with E-state index in [0.29, 0.717) is 13.0 Å². The van der Waals surface area contributed by atoms with Crippen molar-refractivity contribution in [1.82, 2.24) is 0 Å². The zero-order valence-electron chi connectivity index (χ0n) is 6.46. The Morgan fingerprint density at radius 3 is 2.60 bits per heavy atom. The predicted molar refractivity (Wildman–Crippen MR) is 36.6 cm³/mol. The number of hydrogen-bond acceptors (Lipinski definition) is 3. The summed E-state index contributed by atoms with van der Waals surface area (Å²) in [4.78, 5) is 0. The van der Waals surface area contributed by atoms with Crippen LogP contribution < -0.4 is 0 Å². The molecule has 1 aliphatic heterocycles. The van der Waals surface area contributed by atoms with Gasteiger partial charge in [-0.1, -0.05) is 6.92 Å². The topological polar surface area (TPSA) is 38.7 Å². The third-order valence-corrected chi connectivity index (χ3v) is 1.78. The normalized spacial score (nSPS) is 40.5. The van der Waals surface area contributed by atoms with Crippen LogP contribution in [0.15, 0.2) is 0 Å². The molecule has 1 rings (SSSR count). The minimum absolute atomic E-state index is 0.0478. The molecule has 0 aromatic heterocycles. The molecule has 0 radical (unpaired) electrons. The lowest BCUT2D eigenvalue weighted by Crippen LogP contribution is -2.34. The fourth-order valence-corrected chi connectivity index (χ4v) is 1.08. The van der Waals surface area contributed by atoms with Gasteiger partial charge < -0.3 is 14.6 Å². The van der Waals surface area contributed by atoms with Crippen LogP contribution in [-0.4, -0.2) is 30.2 Å². The lowest BCUT2D eigenvalue weighted by atomic mass is 10.2. The minimum Gasteiger partial charge on any atom is -0.391 e. The van der Waals surface area contributed by atoms with Crippen LogP contribution in [0.5, 0.6) is 0 Å². The lowest BCUT2D eigenvalue weighted by molar-refractivity contribution is -0.192. The highest BCUT2D eigenvalue weighted by Crippen LogP contribution is 2.25. The summed E-state index contributed by atoms with van der Waals surface area (Å²) in [5, 5.41) is 8.88. The zero-order valence-corrected chi connectivity index (χ0v) is 6.46. The number of ether oxygens (including phenoxy) is 2. The van der Waals surface area contributed by atoms with E-state index >= 15 is 0 Å². The molecule has 0 saturated carbocycles. The van der Waals surface area contributed by atoms with E-state index < -0.39 is 5.79 Å². The molecule has 60 valence electrons. The average molecular weight is 146 g/mol. The molecule has 1 N–H and O–H groups in total. The maximum atomic E-state index is 8.88. The first kappa shape index (κ1) is 7.98. The maximum Gasteiger partial charge on any atom is 0.191 e. The Bertz CT molecular complexity index is 109. The number of hydrogen-bond donors (Lipinski definition) is 1. The van der Waals surface area contributed by atoms with Gasteiger partial charge in [0.2, 0.25) is 0 Å². The van der Waals surface area contributed by atoms with Crippen molar-refractivity contribution < 1.29 is 14.6 Å². The molecule has 3 heteroatoms. The maximum absolute atomic E-state index is 8.88. The smallest absolute Gasteiger partial charge is 0.191 e. The molecular formula is C7H14O3. The number of aliphatic hydroxyl groups excluding tert-OH is 1. The van der Waals surface area contributed by atoms with Crippen LogP contribution in [-0.2, 0) is 9.47 Å². The van der Waals surface area contributed by atoms with Gasteiger partial charge in [-0.2, -0.15) is 0 Å². The summed E-state index contributed by atoms with van der Waals surface area (Å²) in [6, 6.07) is 0.